The molecular formula is C11H25NS2. The van der Waals surface area contributed by atoms with Gasteiger partial charge < -0.3 is 5.32 Å². The molecule has 0 spiro atoms. The average molecular weight is 235 g/mol. The molecule has 1 N–H and O–H groups in total. The molecule has 0 aliphatic heterocycles. The lowest BCUT2D eigenvalue weighted by atomic mass is 10.2. The Labute approximate surface area is 100 Å². The predicted molar refractivity (Wildman–Crippen MR) is 74.3 cm³/mol. The normalized spacial score (nSPS) is 8.86. The van der Waals surface area contributed by atoms with Gasteiger partial charge in [0.05, 0.1) is 0 Å². The fourth-order valence-electron chi connectivity index (χ4n) is 0.924. The van der Waals surface area contributed by atoms with Crippen molar-refractivity contribution in [3.8, 4) is 0 Å². The molecule has 0 amide bonds. The first-order valence-electron chi connectivity index (χ1n) is 5.65. The largest absolute Gasteiger partial charge is 0.371 e. The molecule has 0 aliphatic carbocycles. The SMILES string of the molecule is CCCCC.CCCCCNC(=S)S. The number of hydrogen-bond donors (Lipinski definition) is 2. The van der Waals surface area contributed by atoms with Crippen LogP contribution < -0.4 is 5.32 Å². The van der Waals surface area contributed by atoms with Crippen LogP contribution in [0.3, 0.4) is 0 Å². The van der Waals surface area contributed by atoms with Gasteiger partial charge in [0.15, 0.2) is 0 Å². The van der Waals surface area contributed by atoms with Crippen molar-refractivity contribution in [2.75, 3.05) is 6.54 Å². The molecule has 0 aromatic heterocycles. The summed E-state index contributed by atoms with van der Waals surface area (Å²) in [6.45, 7) is 7.57. The monoisotopic (exact) mass is 235 g/mol. The van der Waals surface area contributed by atoms with Crippen LogP contribution >= 0.6 is 24.8 Å². The first-order chi connectivity index (χ1) is 6.68. The Bertz CT molecular complexity index is 114. The van der Waals surface area contributed by atoms with E-state index >= 15 is 0 Å². The number of thiol groups is 1. The van der Waals surface area contributed by atoms with E-state index in [4.69, 9.17) is 12.2 Å². The van der Waals surface area contributed by atoms with E-state index in [2.05, 4.69) is 38.7 Å². The molecule has 14 heavy (non-hydrogen) atoms. The van der Waals surface area contributed by atoms with Crippen molar-refractivity contribution in [1.82, 2.24) is 5.32 Å². The standard InChI is InChI=1S/C6H13NS2.C5H12/c1-2-3-4-5-7-6(8)9;1-3-5-4-2/h2-5H2,1H3,(H2,7,8,9);3-5H2,1-2H3. The minimum atomic E-state index is 0.603. The summed E-state index contributed by atoms with van der Waals surface area (Å²) >= 11 is 8.62. The third-order valence-electron chi connectivity index (χ3n) is 1.76. The Morgan fingerprint density at radius 3 is 1.79 bits per heavy atom. The Kier molecular flexibility index (Phi) is 18.7. The van der Waals surface area contributed by atoms with Crippen molar-refractivity contribution in [3.05, 3.63) is 0 Å². The number of nitrogens with one attached hydrogen (secondary N) is 1. The maximum absolute atomic E-state index is 4.70. The van der Waals surface area contributed by atoms with Crippen molar-refractivity contribution in [2.24, 2.45) is 0 Å². The van der Waals surface area contributed by atoms with Gasteiger partial charge in [0, 0.05) is 6.54 Å². The van der Waals surface area contributed by atoms with Gasteiger partial charge in [-0.15, -0.1) is 12.6 Å². The van der Waals surface area contributed by atoms with Crippen molar-refractivity contribution < 1.29 is 0 Å². The molecule has 0 unspecified atom stereocenters. The van der Waals surface area contributed by atoms with Gasteiger partial charge in [0.25, 0.3) is 0 Å². The lowest BCUT2D eigenvalue weighted by molar-refractivity contribution is 0.700. The highest BCUT2D eigenvalue weighted by molar-refractivity contribution is 8.11. The van der Waals surface area contributed by atoms with E-state index in [9.17, 15) is 0 Å². The molecule has 0 saturated heterocycles. The molecular weight excluding hydrogens is 210 g/mol. The fourth-order valence-corrected chi connectivity index (χ4v) is 1.14. The summed E-state index contributed by atoms with van der Waals surface area (Å²) in [5, 5.41) is 2.98. The van der Waals surface area contributed by atoms with Crippen molar-refractivity contribution in [1.29, 1.82) is 0 Å². The van der Waals surface area contributed by atoms with Crippen LogP contribution in [-0.4, -0.2) is 10.9 Å². The quantitative estimate of drug-likeness (QED) is 0.407. The van der Waals surface area contributed by atoms with Gasteiger partial charge in [0.2, 0.25) is 0 Å². The second kappa shape index (κ2) is 15.7. The average Bonchev–Trinajstić information content (AvgIpc) is 2.15. The van der Waals surface area contributed by atoms with Crippen molar-refractivity contribution in [3.63, 3.8) is 0 Å². The van der Waals surface area contributed by atoms with E-state index in [1.165, 1.54) is 38.5 Å². The van der Waals surface area contributed by atoms with Crippen LogP contribution in [-0.2, 0) is 0 Å². The number of rotatable bonds is 6. The predicted octanol–water partition coefficient (Wildman–Crippen LogP) is 4.18. The molecule has 0 radical (unpaired) electrons. The number of unbranched alkanes of at least 4 members (excludes halogenated alkanes) is 4. The van der Waals surface area contributed by atoms with Gasteiger partial charge in [-0.3, -0.25) is 0 Å². The van der Waals surface area contributed by atoms with Gasteiger partial charge in [-0.25, -0.2) is 0 Å². The Morgan fingerprint density at radius 1 is 1.00 bits per heavy atom. The molecule has 0 fully saturated rings. The second-order valence-electron chi connectivity index (χ2n) is 3.29. The van der Waals surface area contributed by atoms with E-state index in [0.717, 1.165) is 6.54 Å². The molecule has 0 aromatic carbocycles. The summed E-state index contributed by atoms with van der Waals surface area (Å²) in [7, 11) is 0. The van der Waals surface area contributed by atoms with Crippen LogP contribution in [0.2, 0.25) is 0 Å². The smallest absolute Gasteiger partial charge is 0.130 e. The Hall–Kier alpha value is 0.240. The Balaban J connectivity index is 0. The molecule has 0 bridgehead atoms. The highest BCUT2D eigenvalue weighted by atomic mass is 32.1. The van der Waals surface area contributed by atoms with E-state index in [1.807, 2.05) is 0 Å². The van der Waals surface area contributed by atoms with Gasteiger partial charge >= 0.3 is 0 Å². The fraction of sp³-hybridized carbons (Fsp3) is 0.909. The highest BCUT2D eigenvalue weighted by Gasteiger charge is 1.85. The lowest BCUT2D eigenvalue weighted by Gasteiger charge is -1.99. The highest BCUT2D eigenvalue weighted by Crippen LogP contribution is 1.91. The second-order valence-corrected chi connectivity index (χ2v) is 4.45. The molecule has 0 saturated carbocycles. The Morgan fingerprint density at radius 2 is 1.50 bits per heavy atom. The van der Waals surface area contributed by atoms with E-state index < -0.39 is 0 Å². The summed E-state index contributed by atoms with van der Waals surface area (Å²) < 4.78 is 0.603. The number of hydrogen-bond acceptors (Lipinski definition) is 1. The van der Waals surface area contributed by atoms with Crippen molar-refractivity contribution >= 4 is 29.2 Å². The summed E-state index contributed by atoms with van der Waals surface area (Å²) in [6.07, 6.45) is 7.79. The summed E-state index contributed by atoms with van der Waals surface area (Å²) in [4.78, 5) is 0. The van der Waals surface area contributed by atoms with Gasteiger partial charge in [0.1, 0.15) is 4.32 Å². The maximum atomic E-state index is 4.70. The van der Waals surface area contributed by atoms with Gasteiger partial charge in [-0.05, 0) is 6.42 Å². The molecule has 0 aromatic rings. The molecule has 0 atom stereocenters. The lowest BCUT2D eigenvalue weighted by Crippen LogP contribution is -2.17. The zero-order chi connectivity index (χ0) is 11.2. The van der Waals surface area contributed by atoms with Crippen LogP contribution in [0.25, 0.3) is 0 Å². The summed E-state index contributed by atoms with van der Waals surface area (Å²) in [5.41, 5.74) is 0. The van der Waals surface area contributed by atoms with Crippen LogP contribution in [0.15, 0.2) is 0 Å². The topological polar surface area (TPSA) is 12.0 Å². The van der Waals surface area contributed by atoms with E-state index in [0.29, 0.717) is 4.32 Å². The maximum Gasteiger partial charge on any atom is 0.130 e. The van der Waals surface area contributed by atoms with Crippen molar-refractivity contribution in [2.45, 2.75) is 59.3 Å². The number of thiocarbonyl (C=S) groups is 1. The summed E-state index contributed by atoms with van der Waals surface area (Å²) in [5.74, 6) is 0. The zero-order valence-corrected chi connectivity index (χ0v) is 11.5. The molecule has 3 heteroatoms. The third-order valence-corrected chi connectivity index (χ3v) is 2.07. The minimum absolute atomic E-state index is 0.603. The van der Waals surface area contributed by atoms with E-state index in [-0.39, 0.29) is 0 Å². The third kappa shape index (κ3) is 22.8. The first kappa shape index (κ1) is 16.7. The van der Waals surface area contributed by atoms with Gasteiger partial charge in [-0.1, -0.05) is 65.1 Å². The molecule has 86 valence electrons. The molecule has 0 heterocycles. The van der Waals surface area contributed by atoms with Crippen LogP contribution in [0.1, 0.15) is 59.3 Å². The summed E-state index contributed by atoms with van der Waals surface area (Å²) in [6, 6.07) is 0. The van der Waals surface area contributed by atoms with Crippen LogP contribution in [0.5, 0.6) is 0 Å². The van der Waals surface area contributed by atoms with E-state index in [1.54, 1.807) is 0 Å². The van der Waals surface area contributed by atoms with Gasteiger partial charge in [-0.2, -0.15) is 0 Å². The zero-order valence-electron chi connectivity index (χ0n) is 9.81. The molecule has 1 nitrogen and oxygen atoms in total. The molecule has 0 rings (SSSR count). The van der Waals surface area contributed by atoms with Crippen LogP contribution in [0, 0.1) is 0 Å². The first-order valence-corrected chi connectivity index (χ1v) is 6.51. The molecule has 0 aliphatic rings. The van der Waals surface area contributed by atoms with Crippen LogP contribution in [0.4, 0.5) is 0 Å². The minimum Gasteiger partial charge on any atom is -0.371 e.